The molecule has 0 aliphatic heterocycles. The van der Waals surface area contributed by atoms with Gasteiger partial charge in [0.25, 0.3) is 0 Å². The highest BCUT2D eigenvalue weighted by atomic mass is 35.5. The third-order valence-electron chi connectivity index (χ3n) is 5.36. The van der Waals surface area contributed by atoms with Crippen LogP contribution in [0.5, 0.6) is 11.5 Å². The monoisotopic (exact) mass is 436 g/mol. The van der Waals surface area contributed by atoms with Gasteiger partial charge in [-0.1, -0.05) is 31.4 Å². The second-order valence-electron chi connectivity index (χ2n) is 7.53. The molecule has 0 radical (unpaired) electrons. The predicted octanol–water partition coefficient (Wildman–Crippen LogP) is 6.35. The normalized spacial score (nSPS) is 18.7. The first-order valence-corrected chi connectivity index (χ1v) is 10.4. The molecule has 0 spiro atoms. The van der Waals surface area contributed by atoms with Gasteiger partial charge in [0.15, 0.2) is 0 Å². The molecule has 30 heavy (non-hydrogen) atoms. The molecular weight excluding hydrogens is 414 g/mol. The van der Waals surface area contributed by atoms with Crippen LogP contribution in [-0.2, 0) is 4.79 Å². The van der Waals surface area contributed by atoms with Crippen LogP contribution in [0, 0.1) is 23.5 Å². The van der Waals surface area contributed by atoms with Crippen molar-refractivity contribution in [3.63, 3.8) is 0 Å². The Morgan fingerprint density at radius 1 is 0.967 bits per heavy atom. The highest BCUT2D eigenvalue weighted by Crippen LogP contribution is 2.32. The first-order valence-electron chi connectivity index (χ1n) is 10.1. The zero-order valence-corrected chi connectivity index (χ0v) is 17.4. The van der Waals surface area contributed by atoms with E-state index in [0.29, 0.717) is 5.92 Å². The third kappa shape index (κ3) is 5.57. The van der Waals surface area contributed by atoms with Gasteiger partial charge in [0, 0.05) is 12.1 Å². The molecule has 0 amide bonds. The number of benzene rings is 2. The van der Waals surface area contributed by atoms with Gasteiger partial charge in [0.05, 0.1) is 16.5 Å². The SMILES string of the molecule is CCCC1CCC(C(=O)Oc2ccc(C(=O)Oc3ccc(Cl)c(F)c3)c(F)c2)CC1. The van der Waals surface area contributed by atoms with Gasteiger partial charge in [0.2, 0.25) is 0 Å². The molecule has 1 aliphatic carbocycles. The Morgan fingerprint density at radius 2 is 1.60 bits per heavy atom. The van der Waals surface area contributed by atoms with E-state index in [0.717, 1.165) is 44.2 Å². The van der Waals surface area contributed by atoms with Gasteiger partial charge in [-0.05, 0) is 55.9 Å². The minimum Gasteiger partial charge on any atom is -0.426 e. The fourth-order valence-electron chi connectivity index (χ4n) is 3.72. The van der Waals surface area contributed by atoms with Crippen molar-refractivity contribution >= 4 is 23.5 Å². The Bertz CT molecular complexity index is 923. The molecule has 0 unspecified atom stereocenters. The highest BCUT2D eigenvalue weighted by Gasteiger charge is 2.27. The summed E-state index contributed by atoms with van der Waals surface area (Å²) in [6, 6.07) is 6.94. The van der Waals surface area contributed by atoms with Crippen LogP contribution in [0.3, 0.4) is 0 Å². The minimum absolute atomic E-state index is 0.0299. The molecule has 0 N–H and O–H groups in total. The average molecular weight is 437 g/mol. The van der Waals surface area contributed by atoms with Crippen LogP contribution in [0.25, 0.3) is 0 Å². The molecule has 7 heteroatoms. The Balaban J connectivity index is 1.60. The molecule has 1 fully saturated rings. The molecule has 160 valence electrons. The molecule has 1 aliphatic rings. The van der Waals surface area contributed by atoms with E-state index in [1.165, 1.54) is 30.7 Å². The number of ether oxygens (including phenoxy) is 2. The van der Waals surface area contributed by atoms with Crippen LogP contribution < -0.4 is 9.47 Å². The second-order valence-corrected chi connectivity index (χ2v) is 7.94. The number of hydrogen-bond donors (Lipinski definition) is 0. The average Bonchev–Trinajstić information content (AvgIpc) is 2.71. The van der Waals surface area contributed by atoms with Crippen molar-refractivity contribution in [2.24, 2.45) is 11.8 Å². The minimum atomic E-state index is -0.999. The number of rotatable bonds is 6. The van der Waals surface area contributed by atoms with Crippen LogP contribution >= 0.6 is 11.6 Å². The molecule has 0 atom stereocenters. The van der Waals surface area contributed by atoms with Gasteiger partial charge < -0.3 is 9.47 Å². The lowest BCUT2D eigenvalue weighted by molar-refractivity contribution is -0.140. The number of carbonyl (C=O) groups excluding carboxylic acids is 2. The molecule has 0 aromatic heterocycles. The summed E-state index contributed by atoms with van der Waals surface area (Å²) in [4.78, 5) is 24.6. The first-order chi connectivity index (χ1) is 14.4. The van der Waals surface area contributed by atoms with Gasteiger partial charge in [-0.25, -0.2) is 13.6 Å². The zero-order valence-electron chi connectivity index (χ0n) is 16.6. The van der Waals surface area contributed by atoms with Gasteiger partial charge in [-0.15, -0.1) is 0 Å². The number of hydrogen-bond acceptors (Lipinski definition) is 4. The lowest BCUT2D eigenvalue weighted by Crippen LogP contribution is -2.25. The summed E-state index contributed by atoms with van der Waals surface area (Å²) >= 11 is 5.58. The van der Waals surface area contributed by atoms with Crippen LogP contribution in [0.15, 0.2) is 36.4 Å². The largest absolute Gasteiger partial charge is 0.426 e. The summed E-state index contributed by atoms with van der Waals surface area (Å²) in [7, 11) is 0. The molecule has 2 aromatic carbocycles. The summed E-state index contributed by atoms with van der Waals surface area (Å²) < 4.78 is 38.1. The van der Waals surface area contributed by atoms with E-state index < -0.39 is 17.6 Å². The van der Waals surface area contributed by atoms with Crippen LogP contribution in [0.4, 0.5) is 8.78 Å². The fraction of sp³-hybridized carbons (Fsp3) is 0.391. The Labute approximate surface area is 179 Å². The molecule has 0 heterocycles. The van der Waals surface area contributed by atoms with Crippen molar-refractivity contribution < 1.29 is 27.8 Å². The third-order valence-corrected chi connectivity index (χ3v) is 5.66. The summed E-state index contributed by atoms with van der Waals surface area (Å²) in [6.45, 7) is 2.15. The van der Waals surface area contributed by atoms with E-state index >= 15 is 0 Å². The molecular formula is C23H23ClF2O4. The van der Waals surface area contributed by atoms with Crippen molar-refractivity contribution in [3.8, 4) is 11.5 Å². The maximum atomic E-state index is 14.4. The number of carbonyl (C=O) groups is 2. The van der Waals surface area contributed by atoms with E-state index in [9.17, 15) is 18.4 Å². The van der Waals surface area contributed by atoms with Crippen LogP contribution in [0.1, 0.15) is 55.8 Å². The molecule has 1 saturated carbocycles. The lowest BCUT2D eigenvalue weighted by Gasteiger charge is -2.26. The number of esters is 2. The standard InChI is InChI=1S/C23H23ClF2O4/c1-2-3-14-4-6-15(7-5-14)22(27)29-16-8-10-18(20(25)12-16)23(28)30-17-9-11-19(24)21(26)13-17/h8-15H,2-7H2,1H3. The topological polar surface area (TPSA) is 52.6 Å². The van der Waals surface area contributed by atoms with Gasteiger partial charge in [-0.2, -0.15) is 0 Å². The van der Waals surface area contributed by atoms with Crippen molar-refractivity contribution in [1.82, 2.24) is 0 Å². The number of halogens is 3. The summed E-state index contributed by atoms with van der Waals surface area (Å²) in [5.41, 5.74) is -0.356. The Hall–Kier alpha value is -2.47. The van der Waals surface area contributed by atoms with Gasteiger partial charge in [0.1, 0.15) is 23.1 Å². The maximum Gasteiger partial charge on any atom is 0.346 e. The summed E-state index contributed by atoms with van der Waals surface area (Å²) in [5, 5.41) is -0.119. The zero-order chi connectivity index (χ0) is 21.7. The quantitative estimate of drug-likeness (QED) is 0.391. The van der Waals surface area contributed by atoms with Gasteiger partial charge >= 0.3 is 11.9 Å². The molecule has 0 saturated heterocycles. The summed E-state index contributed by atoms with van der Waals surface area (Å²) in [6.07, 6.45) is 5.85. The Morgan fingerprint density at radius 3 is 2.23 bits per heavy atom. The van der Waals surface area contributed by atoms with Crippen molar-refractivity contribution in [2.45, 2.75) is 45.4 Å². The smallest absolute Gasteiger partial charge is 0.346 e. The maximum absolute atomic E-state index is 14.4. The Kier molecular flexibility index (Phi) is 7.43. The highest BCUT2D eigenvalue weighted by molar-refractivity contribution is 6.30. The van der Waals surface area contributed by atoms with Crippen molar-refractivity contribution in [3.05, 3.63) is 58.6 Å². The van der Waals surface area contributed by atoms with Crippen molar-refractivity contribution in [1.29, 1.82) is 0 Å². The van der Waals surface area contributed by atoms with Crippen LogP contribution in [0.2, 0.25) is 5.02 Å². The van der Waals surface area contributed by atoms with E-state index in [1.54, 1.807) is 0 Å². The molecule has 3 rings (SSSR count). The molecule has 0 bridgehead atoms. The van der Waals surface area contributed by atoms with Gasteiger partial charge in [-0.3, -0.25) is 4.79 Å². The second kappa shape index (κ2) is 10.0. The van der Waals surface area contributed by atoms with E-state index in [-0.39, 0.29) is 34.0 Å². The first kappa shape index (κ1) is 22.2. The predicted molar refractivity (Wildman–Crippen MR) is 109 cm³/mol. The fourth-order valence-corrected chi connectivity index (χ4v) is 3.84. The summed E-state index contributed by atoms with van der Waals surface area (Å²) in [5.74, 6) is -2.63. The van der Waals surface area contributed by atoms with E-state index in [1.807, 2.05) is 0 Å². The molecule has 4 nitrogen and oxygen atoms in total. The lowest BCUT2D eigenvalue weighted by atomic mass is 9.80. The van der Waals surface area contributed by atoms with Crippen LogP contribution in [-0.4, -0.2) is 11.9 Å². The van der Waals surface area contributed by atoms with E-state index in [4.69, 9.17) is 21.1 Å². The molecule has 2 aromatic rings. The van der Waals surface area contributed by atoms with Crippen molar-refractivity contribution in [2.75, 3.05) is 0 Å². The van der Waals surface area contributed by atoms with E-state index in [2.05, 4.69) is 6.92 Å².